The number of rotatable bonds is 5. The first kappa shape index (κ1) is 15.4. The fourth-order valence-corrected chi connectivity index (χ4v) is 4.16. The zero-order valence-electron chi connectivity index (χ0n) is 11.9. The summed E-state index contributed by atoms with van der Waals surface area (Å²) >= 11 is 1.30. The highest BCUT2D eigenvalue weighted by Crippen LogP contribution is 2.21. The van der Waals surface area contributed by atoms with Gasteiger partial charge >= 0.3 is 0 Å². The minimum Gasteiger partial charge on any atom is -0.379 e. The summed E-state index contributed by atoms with van der Waals surface area (Å²) in [7, 11) is -3.57. The molecular formula is C14H17N3O3S2. The molecule has 1 aliphatic rings. The number of ether oxygens (including phenoxy) is 1. The molecule has 1 saturated heterocycles. The fraction of sp³-hybridized carbons (Fsp3) is 0.357. The Morgan fingerprint density at radius 1 is 1.23 bits per heavy atom. The molecule has 0 radical (unpaired) electrons. The van der Waals surface area contributed by atoms with E-state index >= 15 is 0 Å². The molecule has 6 nitrogen and oxygen atoms in total. The molecule has 118 valence electrons. The lowest BCUT2D eigenvalue weighted by molar-refractivity contribution is 0.0337. The highest BCUT2D eigenvalue weighted by Gasteiger charge is 2.17. The van der Waals surface area contributed by atoms with Crippen molar-refractivity contribution in [3.05, 3.63) is 41.4 Å². The van der Waals surface area contributed by atoms with Crippen LogP contribution in [0.4, 0.5) is 5.13 Å². The molecule has 0 bridgehead atoms. The van der Waals surface area contributed by atoms with Crippen LogP contribution in [0.15, 0.2) is 40.6 Å². The van der Waals surface area contributed by atoms with Gasteiger partial charge in [-0.1, -0.05) is 18.2 Å². The van der Waals surface area contributed by atoms with Gasteiger partial charge in [-0.3, -0.25) is 9.62 Å². The highest BCUT2D eigenvalue weighted by molar-refractivity contribution is 7.93. The number of hydrogen-bond acceptors (Lipinski definition) is 6. The van der Waals surface area contributed by atoms with Crippen molar-refractivity contribution >= 4 is 26.5 Å². The maximum atomic E-state index is 12.2. The van der Waals surface area contributed by atoms with Crippen molar-refractivity contribution in [1.29, 1.82) is 0 Å². The highest BCUT2D eigenvalue weighted by atomic mass is 32.2. The molecule has 0 saturated carbocycles. The summed E-state index contributed by atoms with van der Waals surface area (Å²) in [6, 6.07) is 8.29. The Bertz CT molecular complexity index is 710. The third-order valence-electron chi connectivity index (χ3n) is 3.32. The van der Waals surface area contributed by atoms with E-state index in [0.717, 1.165) is 32.0 Å². The number of nitrogens with zero attached hydrogens (tertiary/aromatic N) is 2. The summed E-state index contributed by atoms with van der Waals surface area (Å²) in [6.45, 7) is 3.94. The van der Waals surface area contributed by atoms with Crippen LogP contribution in [0.1, 0.15) is 5.69 Å². The van der Waals surface area contributed by atoms with E-state index in [4.69, 9.17) is 4.74 Å². The molecule has 0 spiro atoms. The van der Waals surface area contributed by atoms with Gasteiger partial charge in [-0.05, 0) is 12.1 Å². The quantitative estimate of drug-likeness (QED) is 0.899. The maximum Gasteiger partial charge on any atom is 0.263 e. The molecule has 0 aliphatic carbocycles. The van der Waals surface area contributed by atoms with Gasteiger partial charge in [-0.25, -0.2) is 13.4 Å². The molecule has 0 atom stereocenters. The van der Waals surface area contributed by atoms with Crippen LogP contribution in [-0.2, 0) is 21.3 Å². The number of aromatic nitrogens is 1. The molecule has 22 heavy (non-hydrogen) atoms. The standard InChI is InChI=1S/C14H17N3O3S2/c18-22(19,13-4-2-1-3-5-13)16-14-15-12(11-21-14)10-17-6-8-20-9-7-17/h1-5,11H,6-10H2,(H,15,16). The molecule has 1 aromatic carbocycles. The lowest BCUT2D eigenvalue weighted by Crippen LogP contribution is -2.35. The molecule has 1 aromatic heterocycles. The molecule has 1 aliphatic heterocycles. The Kier molecular flexibility index (Phi) is 4.72. The van der Waals surface area contributed by atoms with Crippen LogP contribution in [-0.4, -0.2) is 44.6 Å². The molecule has 0 amide bonds. The molecule has 1 N–H and O–H groups in total. The van der Waals surface area contributed by atoms with Crippen molar-refractivity contribution in [3.63, 3.8) is 0 Å². The lowest BCUT2D eigenvalue weighted by Gasteiger charge is -2.25. The minimum atomic E-state index is -3.57. The summed E-state index contributed by atoms with van der Waals surface area (Å²) in [5.41, 5.74) is 0.873. The van der Waals surface area contributed by atoms with Gasteiger partial charge in [-0.15, -0.1) is 11.3 Å². The number of thiazole rings is 1. The van der Waals surface area contributed by atoms with E-state index in [1.807, 2.05) is 5.38 Å². The van der Waals surface area contributed by atoms with E-state index in [2.05, 4.69) is 14.6 Å². The Morgan fingerprint density at radius 3 is 2.68 bits per heavy atom. The number of anilines is 1. The van der Waals surface area contributed by atoms with Gasteiger partial charge < -0.3 is 4.74 Å². The maximum absolute atomic E-state index is 12.2. The topological polar surface area (TPSA) is 71.5 Å². The second-order valence-electron chi connectivity index (χ2n) is 4.95. The number of nitrogens with one attached hydrogen (secondary N) is 1. The van der Waals surface area contributed by atoms with Crippen LogP contribution in [0.25, 0.3) is 0 Å². The summed E-state index contributed by atoms with van der Waals surface area (Å²) in [4.78, 5) is 6.84. The van der Waals surface area contributed by atoms with Gasteiger partial charge in [-0.2, -0.15) is 0 Å². The lowest BCUT2D eigenvalue weighted by atomic mass is 10.4. The smallest absolute Gasteiger partial charge is 0.263 e. The van der Waals surface area contributed by atoms with Crippen LogP contribution >= 0.6 is 11.3 Å². The molecule has 0 unspecified atom stereocenters. The Morgan fingerprint density at radius 2 is 1.95 bits per heavy atom. The van der Waals surface area contributed by atoms with Crippen molar-refractivity contribution in [2.24, 2.45) is 0 Å². The van der Waals surface area contributed by atoms with Crippen molar-refractivity contribution in [3.8, 4) is 0 Å². The zero-order valence-corrected chi connectivity index (χ0v) is 13.6. The summed E-state index contributed by atoms with van der Waals surface area (Å²) in [5, 5.41) is 2.28. The predicted molar refractivity (Wildman–Crippen MR) is 85.5 cm³/mol. The summed E-state index contributed by atoms with van der Waals surface area (Å²) in [6.07, 6.45) is 0. The van der Waals surface area contributed by atoms with Gasteiger partial charge in [0.15, 0.2) is 5.13 Å². The van der Waals surface area contributed by atoms with E-state index in [9.17, 15) is 8.42 Å². The van der Waals surface area contributed by atoms with Gasteiger partial charge in [0, 0.05) is 25.0 Å². The predicted octanol–water partition coefficient (Wildman–Crippen LogP) is 1.78. The van der Waals surface area contributed by atoms with Crippen molar-refractivity contribution in [2.75, 3.05) is 31.0 Å². The first-order valence-electron chi connectivity index (χ1n) is 6.96. The summed E-state index contributed by atoms with van der Waals surface area (Å²) in [5.74, 6) is 0. The largest absolute Gasteiger partial charge is 0.379 e. The van der Waals surface area contributed by atoms with Crippen LogP contribution in [0.3, 0.4) is 0 Å². The van der Waals surface area contributed by atoms with Crippen LogP contribution < -0.4 is 4.72 Å². The van der Waals surface area contributed by atoms with Crippen molar-refractivity contribution < 1.29 is 13.2 Å². The molecule has 2 aromatic rings. The number of morpholine rings is 1. The average Bonchev–Trinajstić information content (AvgIpc) is 2.95. The Hall–Kier alpha value is -1.48. The molecule has 1 fully saturated rings. The monoisotopic (exact) mass is 339 g/mol. The number of benzene rings is 1. The van der Waals surface area contributed by atoms with E-state index in [1.54, 1.807) is 30.3 Å². The zero-order chi connectivity index (χ0) is 15.4. The van der Waals surface area contributed by atoms with E-state index in [0.29, 0.717) is 11.7 Å². The van der Waals surface area contributed by atoms with Crippen molar-refractivity contribution in [1.82, 2.24) is 9.88 Å². The minimum absolute atomic E-state index is 0.236. The summed E-state index contributed by atoms with van der Waals surface area (Å²) < 4.78 is 32.3. The first-order valence-corrected chi connectivity index (χ1v) is 9.32. The first-order chi connectivity index (χ1) is 10.6. The normalized spacial score (nSPS) is 16.5. The van der Waals surface area contributed by atoms with E-state index in [-0.39, 0.29) is 4.90 Å². The van der Waals surface area contributed by atoms with Gasteiger partial charge in [0.2, 0.25) is 0 Å². The Balaban J connectivity index is 1.66. The van der Waals surface area contributed by atoms with Crippen molar-refractivity contribution in [2.45, 2.75) is 11.4 Å². The SMILES string of the molecule is O=S(=O)(Nc1nc(CN2CCOCC2)cs1)c1ccccc1. The molecule has 8 heteroatoms. The molecule has 3 rings (SSSR count). The number of sulfonamides is 1. The average molecular weight is 339 g/mol. The third kappa shape index (κ3) is 3.83. The van der Waals surface area contributed by atoms with E-state index in [1.165, 1.54) is 11.3 Å². The van der Waals surface area contributed by atoms with Crippen LogP contribution in [0, 0.1) is 0 Å². The number of hydrogen-bond donors (Lipinski definition) is 1. The van der Waals surface area contributed by atoms with Crippen LogP contribution in [0.2, 0.25) is 0 Å². The van der Waals surface area contributed by atoms with Crippen LogP contribution in [0.5, 0.6) is 0 Å². The second-order valence-corrected chi connectivity index (χ2v) is 7.49. The van der Waals surface area contributed by atoms with Gasteiger partial charge in [0.1, 0.15) is 0 Å². The third-order valence-corrected chi connectivity index (χ3v) is 5.61. The van der Waals surface area contributed by atoms with Gasteiger partial charge in [0.05, 0.1) is 23.8 Å². The molecular weight excluding hydrogens is 322 g/mol. The molecule has 2 heterocycles. The van der Waals surface area contributed by atoms with E-state index < -0.39 is 10.0 Å². The second kappa shape index (κ2) is 6.74. The van der Waals surface area contributed by atoms with Gasteiger partial charge in [0.25, 0.3) is 10.0 Å². The fourth-order valence-electron chi connectivity index (χ4n) is 2.19. The Labute approximate surface area is 133 Å².